The SMILES string of the molecule is O=C(NC[C@@H]1CCCO1)N(CCc1ccccc1)Cc1ccco1. The monoisotopic (exact) mass is 328 g/mol. The van der Waals surface area contributed by atoms with Crippen LogP contribution in [0.3, 0.4) is 0 Å². The molecule has 1 N–H and O–H groups in total. The number of hydrogen-bond donors (Lipinski definition) is 1. The number of rotatable bonds is 7. The minimum Gasteiger partial charge on any atom is -0.467 e. The summed E-state index contributed by atoms with van der Waals surface area (Å²) in [5.41, 5.74) is 1.22. The van der Waals surface area contributed by atoms with Crippen LogP contribution >= 0.6 is 0 Å². The number of nitrogens with zero attached hydrogens (tertiary/aromatic N) is 1. The molecule has 1 aliphatic heterocycles. The highest BCUT2D eigenvalue weighted by atomic mass is 16.5. The highest BCUT2D eigenvalue weighted by Gasteiger charge is 2.19. The highest BCUT2D eigenvalue weighted by Crippen LogP contribution is 2.12. The quantitative estimate of drug-likeness (QED) is 0.849. The summed E-state index contributed by atoms with van der Waals surface area (Å²) < 4.78 is 11.0. The Kier molecular flexibility index (Phi) is 5.90. The third kappa shape index (κ3) is 4.86. The van der Waals surface area contributed by atoms with E-state index in [1.807, 2.05) is 30.3 Å². The number of ether oxygens (including phenoxy) is 1. The van der Waals surface area contributed by atoms with Crippen LogP contribution in [-0.4, -0.2) is 36.7 Å². The fourth-order valence-electron chi connectivity index (χ4n) is 2.87. The van der Waals surface area contributed by atoms with Crippen molar-refractivity contribution in [3.8, 4) is 0 Å². The van der Waals surface area contributed by atoms with Gasteiger partial charge in [-0.1, -0.05) is 30.3 Å². The van der Waals surface area contributed by atoms with Crippen LogP contribution in [0, 0.1) is 0 Å². The van der Waals surface area contributed by atoms with Crippen LogP contribution < -0.4 is 5.32 Å². The maximum absolute atomic E-state index is 12.6. The normalized spacial score (nSPS) is 16.9. The number of urea groups is 1. The minimum atomic E-state index is -0.0715. The van der Waals surface area contributed by atoms with Gasteiger partial charge in [0.25, 0.3) is 0 Å². The van der Waals surface area contributed by atoms with Gasteiger partial charge >= 0.3 is 6.03 Å². The van der Waals surface area contributed by atoms with Gasteiger partial charge in [0.15, 0.2) is 0 Å². The van der Waals surface area contributed by atoms with E-state index >= 15 is 0 Å². The third-order valence-corrected chi connectivity index (χ3v) is 4.23. The molecule has 0 aliphatic carbocycles. The Labute approximate surface area is 142 Å². The molecule has 2 aromatic rings. The summed E-state index contributed by atoms with van der Waals surface area (Å²) in [5.74, 6) is 0.787. The number of hydrogen-bond acceptors (Lipinski definition) is 3. The lowest BCUT2D eigenvalue weighted by Gasteiger charge is -2.23. The predicted octanol–water partition coefficient (Wildman–Crippen LogP) is 3.21. The summed E-state index contributed by atoms with van der Waals surface area (Å²) >= 11 is 0. The van der Waals surface area contributed by atoms with Crippen LogP contribution in [0.1, 0.15) is 24.2 Å². The molecule has 0 radical (unpaired) electrons. The van der Waals surface area contributed by atoms with Crippen LogP contribution in [0.15, 0.2) is 53.1 Å². The second-order valence-electron chi connectivity index (χ2n) is 6.06. The molecule has 0 unspecified atom stereocenters. The van der Waals surface area contributed by atoms with E-state index in [2.05, 4.69) is 17.4 Å². The van der Waals surface area contributed by atoms with E-state index in [0.717, 1.165) is 31.6 Å². The second-order valence-corrected chi connectivity index (χ2v) is 6.06. The van der Waals surface area contributed by atoms with Gasteiger partial charge in [-0.05, 0) is 37.0 Å². The first-order chi connectivity index (χ1) is 11.8. The van der Waals surface area contributed by atoms with E-state index in [4.69, 9.17) is 9.15 Å². The van der Waals surface area contributed by atoms with Crippen molar-refractivity contribution in [3.05, 3.63) is 60.1 Å². The molecule has 5 heteroatoms. The Morgan fingerprint density at radius 2 is 2.08 bits per heavy atom. The highest BCUT2D eigenvalue weighted by molar-refractivity contribution is 5.74. The molecule has 1 aromatic heterocycles. The standard InChI is InChI=1S/C19H24N2O3/c22-19(20-14-17-8-4-12-23-17)21(15-18-9-5-13-24-18)11-10-16-6-2-1-3-7-16/h1-3,5-7,9,13,17H,4,8,10-12,14-15H2,(H,20,22)/t17-/m0/s1. The first kappa shape index (κ1) is 16.6. The van der Waals surface area contributed by atoms with Crippen molar-refractivity contribution in [1.82, 2.24) is 10.2 Å². The summed E-state index contributed by atoms with van der Waals surface area (Å²) in [6.07, 6.45) is 4.69. The second kappa shape index (κ2) is 8.55. The Hall–Kier alpha value is -2.27. The van der Waals surface area contributed by atoms with E-state index in [9.17, 15) is 4.79 Å². The van der Waals surface area contributed by atoms with Crippen LogP contribution in [0.5, 0.6) is 0 Å². The maximum Gasteiger partial charge on any atom is 0.317 e. The Morgan fingerprint density at radius 1 is 1.21 bits per heavy atom. The van der Waals surface area contributed by atoms with Gasteiger partial charge < -0.3 is 19.4 Å². The zero-order chi connectivity index (χ0) is 16.6. The average molecular weight is 328 g/mol. The molecule has 1 atom stereocenters. The summed E-state index contributed by atoms with van der Waals surface area (Å²) in [5, 5.41) is 2.99. The van der Waals surface area contributed by atoms with Crippen molar-refractivity contribution in [3.63, 3.8) is 0 Å². The van der Waals surface area contributed by atoms with Gasteiger partial charge in [0.2, 0.25) is 0 Å². The zero-order valence-corrected chi connectivity index (χ0v) is 13.8. The fraction of sp³-hybridized carbons (Fsp3) is 0.421. The molecular weight excluding hydrogens is 304 g/mol. The Balaban J connectivity index is 1.56. The average Bonchev–Trinajstić information content (AvgIpc) is 3.31. The van der Waals surface area contributed by atoms with E-state index in [1.165, 1.54) is 5.56 Å². The molecule has 0 saturated carbocycles. The molecule has 1 aliphatic rings. The van der Waals surface area contributed by atoms with E-state index in [-0.39, 0.29) is 12.1 Å². The van der Waals surface area contributed by atoms with Gasteiger partial charge in [0, 0.05) is 19.7 Å². The number of nitrogens with one attached hydrogen (secondary N) is 1. The molecule has 1 fully saturated rings. The van der Waals surface area contributed by atoms with Crippen molar-refractivity contribution in [1.29, 1.82) is 0 Å². The third-order valence-electron chi connectivity index (χ3n) is 4.23. The first-order valence-electron chi connectivity index (χ1n) is 8.52. The van der Waals surface area contributed by atoms with Crippen molar-refractivity contribution in [2.45, 2.75) is 31.9 Å². The fourth-order valence-corrected chi connectivity index (χ4v) is 2.87. The lowest BCUT2D eigenvalue weighted by Crippen LogP contribution is -2.43. The predicted molar refractivity (Wildman–Crippen MR) is 91.6 cm³/mol. The van der Waals surface area contributed by atoms with Gasteiger partial charge in [-0.25, -0.2) is 4.79 Å². The van der Waals surface area contributed by atoms with Crippen molar-refractivity contribution >= 4 is 6.03 Å². The molecule has 0 bridgehead atoms. The Morgan fingerprint density at radius 3 is 2.79 bits per heavy atom. The van der Waals surface area contributed by atoms with E-state index in [1.54, 1.807) is 11.2 Å². The van der Waals surface area contributed by atoms with E-state index in [0.29, 0.717) is 19.6 Å². The number of furan rings is 1. The topological polar surface area (TPSA) is 54.7 Å². The smallest absolute Gasteiger partial charge is 0.317 e. The van der Waals surface area contributed by atoms with Crippen molar-refractivity contribution in [2.24, 2.45) is 0 Å². The zero-order valence-electron chi connectivity index (χ0n) is 13.8. The summed E-state index contributed by atoms with van der Waals surface area (Å²) in [7, 11) is 0. The first-order valence-corrected chi connectivity index (χ1v) is 8.52. The molecule has 128 valence electrons. The molecule has 24 heavy (non-hydrogen) atoms. The lowest BCUT2D eigenvalue weighted by molar-refractivity contribution is 0.108. The molecule has 5 nitrogen and oxygen atoms in total. The Bertz CT molecular complexity index is 607. The molecule has 2 heterocycles. The van der Waals surface area contributed by atoms with Gasteiger partial charge in [0.05, 0.1) is 18.9 Å². The minimum absolute atomic E-state index is 0.0715. The number of carbonyl (C=O) groups excluding carboxylic acids is 1. The summed E-state index contributed by atoms with van der Waals surface area (Å²) in [6.45, 7) is 2.47. The maximum atomic E-state index is 12.6. The van der Waals surface area contributed by atoms with Gasteiger partial charge in [-0.3, -0.25) is 0 Å². The summed E-state index contributed by atoms with van der Waals surface area (Å²) in [6, 6.07) is 13.9. The van der Waals surface area contributed by atoms with Crippen LogP contribution in [0.25, 0.3) is 0 Å². The summed E-state index contributed by atoms with van der Waals surface area (Å²) in [4.78, 5) is 14.4. The number of amides is 2. The molecular formula is C19H24N2O3. The lowest BCUT2D eigenvalue weighted by atomic mass is 10.1. The molecule has 2 amide bonds. The van der Waals surface area contributed by atoms with Crippen LogP contribution in [0.2, 0.25) is 0 Å². The number of carbonyl (C=O) groups is 1. The number of benzene rings is 1. The van der Waals surface area contributed by atoms with Crippen molar-refractivity contribution in [2.75, 3.05) is 19.7 Å². The van der Waals surface area contributed by atoms with Crippen molar-refractivity contribution < 1.29 is 13.9 Å². The van der Waals surface area contributed by atoms with Crippen LogP contribution in [0.4, 0.5) is 4.79 Å². The molecule has 3 rings (SSSR count). The molecule has 1 aromatic carbocycles. The largest absolute Gasteiger partial charge is 0.467 e. The van der Waals surface area contributed by atoms with Gasteiger partial charge in [-0.15, -0.1) is 0 Å². The van der Waals surface area contributed by atoms with Gasteiger partial charge in [-0.2, -0.15) is 0 Å². The molecule has 0 spiro atoms. The van der Waals surface area contributed by atoms with Gasteiger partial charge in [0.1, 0.15) is 5.76 Å². The van der Waals surface area contributed by atoms with E-state index < -0.39 is 0 Å². The van der Waals surface area contributed by atoms with Crippen LogP contribution in [-0.2, 0) is 17.7 Å². The molecule has 1 saturated heterocycles.